The fourth-order valence-corrected chi connectivity index (χ4v) is 3.09. The number of hydrogen-bond acceptors (Lipinski definition) is 5. The van der Waals surface area contributed by atoms with E-state index < -0.39 is 27.0 Å². The number of sulfone groups is 1. The number of anilines is 1. The number of urea groups is 1. The van der Waals surface area contributed by atoms with E-state index in [0.717, 1.165) is 0 Å². The first-order valence-corrected chi connectivity index (χ1v) is 7.37. The molecule has 0 radical (unpaired) electrons. The molecule has 0 aliphatic heterocycles. The SMILES string of the molecule is CNC(=O)NC(=O)C(C)S(=O)(=O)c1ccc(N)cc1C. The Morgan fingerprint density at radius 2 is 1.90 bits per heavy atom. The molecule has 0 aliphatic carbocycles. The molecule has 0 aromatic heterocycles. The smallest absolute Gasteiger partial charge is 0.321 e. The van der Waals surface area contributed by atoms with Gasteiger partial charge in [0.1, 0.15) is 5.25 Å². The second-order valence-electron chi connectivity index (χ2n) is 4.28. The zero-order chi connectivity index (χ0) is 15.5. The topological polar surface area (TPSA) is 118 Å². The van der Waals surface area contributed by atoms with Crippen molar-refractivity contribution >= 4 is 27.5 Å². The van der Waals surface area contributed by atoms with Gasteiger partial charge in [0.05, 0.1) is 4.90 Å². The first-order chi connectivity index (χ1) is 9.20. The van der Waals surface area contributed by atoms with Crippen LogP contribution in [-0.4, -0.2) is 32.7 Å². The number of nitrogens with one attached hydrogen (secondary N) is 2. The molecule has 0 heterocycles. The summed E-state index contributed by atoms with van der Waals surface area (Å²) in [6, 6.07) is 3.55. The van der Waals surface area contributed by atoms with E-state index >= 15 is 0 Å². The quantitative estimate of drug-likeness (QED) is 0.689. The molecule has 20 heavy (non-hydrogen) atoms. The van der Waals surface area contributed by atoms with Gasteiger partial charge in [0.25, 0.3) is 0 Å². The fraction of sp³-hybridized carbons (Fsp3) is 0.333. The van der Waals surface area contributed by atoms with Gasteiger partial charge in [-0.25, -0.2) is 13.2 Å². The van der Waals surface area contributed by atoms with Crippen LogP contribution in [0.4, 0.5) is 10.5 Å². The molecule has 1 aromatic carbocycles. The summed E-state index contributed by atoms with van der Waals surface area (Å²) in [6.45, 7) is 2.82. The molecule has 0 saturated heterocycles. The Morgan fingerprint density at radius 1 is 1.30 bits per heavy atom. The molecule has 0 fully saturated rings. The monoisotopic (exact) mass is 299 g/mol. The van der Waals surface area contributed by atoms with E-state index in [9.17, 15) is 18.0 Å². The van der Waals surface area contributed by atoms with Crippen molar-refractivity contribution in [3.63, 3.8) is 0 Å². The third-order valence-electron chi connectivity index (χ3n) is 2.80. The lowest BCUT2D eigenvalue weighted by molar-refractivity contribution is -0.119. The van der Waals surface area contributed by atoms with E-state index in [-0.39, 0.29) is 4.90 Å². The molecule has 3 amide bonds. The molecule has 0 aliphatic rings. The standard InChI is InChI=1S/C12H17N3O4S/c1-7-6-9(13)4-5-10(7)20(18,19)8(2)11(16)15-12(17)14-3/h4-6,8H,13H2,1-3H3,(H2,14,15,16,17). The normalized spacial score (nSPS) is 12.6. The number of hydrogen-bond donors (Lipinski definition) is 3. The van der Waals surface area contributed by atoms with Crippen LogP contribution in [0.1, 0.15) is 12.5 Å². The van der Waals surface area contributed by atoms with E-state index in [1.807, 2.05) is 5.32 Å². The molecular weight excluding hydrogens is 282 g/mol. The van der Waals surface area contributed by atoms with Crippen LogP contribution in [0.3, 0.4) is 0 Å². The minimum Gasteiger partial charge on any atom is -0.399 e. The van der Waals surface area contributed by atoms with Gasteiger partial charge in [0.2, 0.25) is 5.91 Å². The van der Waals surface area contributed by atoms with Crippen LogP contribution >= 0.6 is 0 Å². The molecule has 0 bridgehead atoms. The van der Waals surface area contributed by atoms with Crippen LogP contribution in [0.25, 0.3) is 0 Å². The number of carbonyl (C=O) groups is 2. The molecule has 4 N–H and O–H groups in total. The van der Waals surface area contributed by atoms with Gasteiger partial charge in [-0.3, -0.25) is 10.1 Å². The Morgan fingerprint density at radius 3 is 2.40 bits per heavy atom. The molecule has 0 saturated carbocycles. The highest BCUT2D eigenvalue weighted by atomic mass is 32.2. The summed E-state index contributed by atoms with van der Waals surface area (Å²) < 4.78 is 24.7. The predicted molar refractivity (Wildman–Crippen MR) is 74.8 cm³/mol. The number of imide groups is 1. The highest BCUT2D eigenvalue weighted by Crippen LogP contribution is 2.22. The maximum atomic E-state index is 12.3. The largest absolute Gasteiger partial charge is 0.399 e. The van der Waals surface area contributed by atoms with Gasteiger partial charge in [-0.1, -0.05) is 0 Å². The van der Waals surface area contributed by atoms with Crippen LogP contribution in [0, 0.1) is 6.92 Å². The van der Waals surface area contributed by atoms with E-state index in [2.05, 4.69) is 5.32 Å². The van der Waals surface area contributed by atoms with Crippen LogP contribution in [0.2, 0.25) is 0 Å². The third-order valence-corrected chi connectivity index (χ3v) is 5.02. The number of carbonyl (C=O) groups excluding carboxylic acids is 2. The number of benzene rings is 1. The van der Waals surface area contributed by atoms with Crippen LogP contribution in [0.15, 0.2) is 23.1 Å². The summed E-state index contributed by atoms with van der Waals surface area (Å²) in [6.07, 6.45) is 0. The molecule has 7 nitrogen and oxygen atoms in total. The van der Waals surface area contributed by atoms with E-state index in [1.54, 1.807) is 6.92 Å². The van der Waals surface area contributed by atoms with Gasteiger partial charge < -0.3 is 11.1 Å². The zero-order valence-corrected chi connectivity index (χ0v) is 12.2. The second-order valence-corrected chi connectivity index (χ2v) is 6.52. The van der Waals surface area contributed by atoms with Gasteiger partial charge in [0.15, 0.2) is 9.84 Å². The first-order valence-electron chi connectivity index (χ1n) is 5.82. The summed E-state index contributed by atoms with van der Waals surface area (Å²) >= 11 is 0. The van der Waals surface area contributed by atoms with Gasteiger partial charge in [-0.2, -0.15) is 0 Å². The van der Waals surface area contributed by atoms with Gasteiger partial charge in [-0.05, 0) is 37.6 Å². The average molecular weight is 299 g/mol. The van der Waals surface area contributed by atoms with Crippen LogP contribution < -0.4 is 16.4 Å². The summed E-state index contributed by atoms with van der Waals surface area (Å²) in [7, 11) is -2.56. The third kappa shape index (κ3) is 3.27. The Hall–Kier alpha value is -2.09. The zero-order valence-electron chi connectivity index (χ0n) is 11.4. The minimum absolute atomic E-state index is 0.0197. The van der Waals surface area contributed by atoms with Crippen molar-refractivity contribution in [2.24, 2.45) is 0 Å². The Balaban J connectivity index is 3.10. The first kappa shape index (κ1) is 16.0. The Bertz CT molecular complexity index is 640. The van der Waals surface area contributed by atoms with Crippen LogP contribution in [0.5, 0.6) is 0 Å². The summed E-state index contributed by atoms with van der Waals surface area (Å²) in [5.41, 5.74) is 6.45. The fourth-order valence-electron chi connectivity index (χ4n) is 1.60. The van der Waals surface area contributed by atoms with Crippen molar-refractivity contribution in [1.29, 1.82) is 0 Å². The lowest BCUT2D eigenvalue weighted by Crippen LogP contribution is -2.44. The molecule has 0 spiro atoms. The number of nitrogens with two attached hydrogens (primary N) is 1. The molecule has 1 unspecified atom stereocenters. The highest BCUT2D eigenvalue weighted by molar-refractivity contribution is 7.92. The van der Waals surface area contributed by atoms with E-state index in [1.165, 1.54) is 32.2 Å². The molecule has 8 heteroatoms. The highest BCUT2D eigenvalue weighted by Gasteiger charge is 2.31. The summed E-state index contributed by atoms with van der Waals surface area (Å²) in [4.78, 5) is 22.8. The average Bonchev–Trinajstić information content (AvgIpc) is 2.36. The molecule has 1 rings (SSSR count). The van der Waals surface area contributed by atoms with E-state index in [0.29, 0.717) is 11.3 Å². The summed E-state index contributed by atoms with van der Waals surface area (Å²) in [5, 5.41) is 2.73. The number of rotatable bonds is 3. The van der Waals surface area contributed by atoms with Crippen molar-refractivity contribution in [2.45, 2.75) is 24.0 Å². The lowest BCUT2D eigenvalue weighted by Gasteiger charge is -2.14. The lowest BCUT2D eigenvalue weighted by atomic mass is 10.2. The molecule has 1 aromatic rings. The van der Waals surface area contributed by atoms with Gasteiger partial charge in [-0.15, -0.1) is 0 Å². The van der Waals surface area contributed by atoms with Crippen molar-refractivity contribution in [3.8, 4) is 0 Å². The Labute approximate surface area is 117 Å². The minimum atomic E-state index is -3.89. The maximum absolute atomic E-state index is 12.3. The summed E-state index contributed by atoms with van der Waals surface area (Å²) in [5.74, 6) is -0.888. The molecule has 110 valence electrons. The predicted octanol–water partition coefficient (Wildman–Crippen LogP) is 0.195. The van der Waals surface area contributed by atoms with Crippen molar-refractivity contribution < 1.29 is 18.0 Å². The number of nitrogen functional groups attached to an aromatic ring is 1. The van der Waals surface area contributed by atoms with Gasteiger partial charge >= 0.3 is 6.03 Å². The van der Waals surface area contributed by atoms with E-state index in [4.69, 9.17) is 5.73 Å². The van der Waals surface area contributed by atoms with Crippen molar-refractivity contribution in [1.82, 2.24) is 10.6 Å². The van der Waals surface area contributed by atoms with Gasteiger partial charge in [0, 0.05) is 12.7 Å². The second kappa shape index (κ2) is 5.91. The number of aryl methyl sites for hydroxylation is 1. The number of amides is 3. The molecule has 1 atom stereocenters. The molecular formula is C12H17N3O4S. The van der Waals surface area contributed by atoms with Crippen molar-refractivity contribution in [3.05, 3.63) is 23.8 Å². The van der Waals surface area contributed by atoms with Crippen LogP contribution in [-0.2, 0) is 14.6 Å². The van der Waals surface area contributed by atoms with Crippen molar-refractivity contribution in [2.75, 3.05) is 12.8 Å². The Kier molecular flexibility index (Phi) is 4.72. The maximum Gasteiger partial charge on any atom is 0.321 e.